The van der Waals surface area contributed by atoms with E-state index in [-0.39, 0.29) is 17.9 Å². The van der Waals surface area contributed by atoms with Gasteiger partial charge in [0.15, 0.2) is 11.9 Å². The van der Waals surface area contributed by atoms with E-state index in [0.29, 0.717) is 0 Å². The fourth-order valence-corrected chi connectivity index (χ4v) is 1.60. The highest BCUT2D eigenvalue weighted by Crippen LogP contribution is 2.28. The van der Waals surface area contributed by atoms with Crippen LogP contribution in [0.15, 0.2) is 18.2 Å². The maximum Gasteiger partial charge on any atom is 0.413 e. The van der Waals surface area contributed by atoms with Crippen molar-refractivity contribution < 1.29 is 33.5 Å². The van der Waals surface area contributed by atoms with Crippen molar-refractivity contribution in [3.8, 4) is 5.75 Å². The zero-order valence-corrected chi connectivity index (χ0v) is 13.2. The Hall–Kier alpha value is -3.17. The Morgan fingerprint density at radius 1 is 1.33 bits per heavy atom. The number of methoxy groups -OCH3 is 1. The molecule has 1 rings (SSSR count). The van der Waals surface area contributed by atoms with Gasteiger partial charge < -0.3 is 14.2 Å². The molecule has 0 spiro atoms. The zero-order valence-electron chi connectivity index (χ0n) is 13.2. The number of imide groups is 1. The number of carbonyl (C=O) groups is 3. The lowest BCUT2D eigenvalue weighted by Gasteiger charge is -2.12. The van der Waals surface area contributed by atoms with Crippen LogP contribution in [0.4, 0.5) is 10.5 Å². The molecule has 0 aromatic heterocycles. The van der Waals surface area contributed by atoms with Crippen LogP contribution in [0.25, 0.3) is 0 Å². The van der Waals surface area contributed by atoms with Crippen LogP contribution in [0, 0.1) is 10.1 Å². The van der Waals surface area contributed by atoms with Crippen molar-refractivity contribution in [1.82, 2.24) is 5.32 Å². The summed E-state index contributed by atoms with van der Waals surface area (Å²) in [6, 6.07) is 3.51. The van der Waals surface area contributed by atoms with Crippen molar-refractivity contribution in [1.29, 1.82) is 0 Å². The molecular formula is C14H16N2O8. The smallest absolute Gasteiger partial charge is 0.413 e. The largest absolute Gasteiger partial charge is 0.487 e. The quantitative estimate of drug-likeness (QED) is 0.467. The summed E-state index contributed by atoms with van der Waals surface area (Å²) in [6.45, 7) is 3.11. The minimum absolute atomic E-state index is 0.00975. The Bertz CT molecular complexity index is 658. The Morgan fingerprint density at radius 3 is 2.54 bits per heavy atom. The predicted octanol–water partition coefficient (Wildman–Crippen LogP) is 1.42. The standard InChI is InChI=1S/C14H16N2O8/c1-4-23-11-6-5-9(7-10(11)16(20)21)13(18)24-8(2)12(17)15-14(19)22-3/h5-8H,4H2,1-3H3,(H,15,17,19)/t8-/m1/s1. The number of ether oxygens (including phenoxy) is 3. The minimum Gasteiger partial charge on any atom is -0.487 e. The van der Waals surface area contributed by atoms with Gasteiger partial charge in [-0.1, -0.05) is 0 Å². The zero-order chi connectivity index (χ0) is 18.3. The number of nitro benzene ring substituents is 1. The third-order valence-corrected chi connectivity index (χ3v) is 2.75. The number of benzene rings is 1. The SMILES string of the molecule is CCOc1ccc(C(=O)O[C@H](C)C(=O)NC(=O)OC)cc1[N+](=O)[O-]. The second-order valence-corrected chi connectivity index (χ2v) is 4.40. The number of nitrogens with one attached hydrogen (secondary N) is 1. The van der Waals surface area contributed by atoms with Crippen LogP contribution in [0.1, 0.15) is 24.2 Å². The predicted molar refractivity (Wildman–Crippen MR) is 79.7 cm³/mol. The number of esters is 1. The van der Waals surface area contributed by atoms with E-state index in [2.05, 4.69) is 4.74 Å². The topological polar surface area (TPSA) is 134 Å². The number of amides is 2. The molecular weight excluding hydrogens is 324 g/mol. The monoisotopic (exact) mass is 340 g/mol. The van der Waals surface area contributed by atoms with Crippen LogP contribution >= 0.6 is 0 Å². The van der Waals surface area contributed by atoms with Crippen molar-refractivity contribution in [2.45, 2.75) is 20.0 Å². The molecule has 2 amide bonds. The average molecular weight is 340 g/mol. The van der Waals surface area contributed by atoms with Crippen molar-refractivity contribution in [2.24, 2.45) is 0 Å². The lowest BCUT2D eigenvalue weighted by Crippen LogP contribution is -2.39. The second-order valence-electron chi connectivity index (χ2n) is 4.40. The second kappa shape index (κ2) is 8.46. The van der Waals surface area contributed by atoms with Gasteiger partial charge >= 0.3 is 17.7 Å². The lowest BCUT2D eigenvalue weighted by molar-refractivity contribution is -0.385. The van der Waals surface area contributed by atoms with Crippen LogP contribution in [0.2, 0.25) is 0 Å². The van der Waals surface area contributed by atoms with Gasteiger partial charge in [-0.05, 0) is 26.0 Å². The first kappa shape index (κ1) is 18.9. The molecule has 0 aliphatic heterocycles. The summed E-state index contributed by atoms with van der Waals surface area (Å²) in [5, 5.41) is 12.9. The van der Waals surface area contributed by atoms with Gasteiger partial charge in [0.05, 0.1) is 24.2 Å². The Morgan fingerprint density at radius 2 is 2.00 bits per heavy atom. The Labute approximate surface area is 136 Å². The maximum atomic E-state index is 12.0. The number of alkyl carbamates (subject to hydrolysis) is 1. The third kappa shape index (κ3) is 4.93. The van der Waals surface area contributed by atoms with Gasteiger partial charge in [0.2, 0.25) is 0 Å². The maximum absolute atomic E-state index is 12.0. The molecule has 0 radical (unpaired) electrons. The first-order valence-corrected chi connectivity index (χ1v) is 6.81. The van der Waals surface area contributed by atoms with Crippen LogP contribution in [0.3, 0.4) is 0 Å². The van der Waals surface area contributed by atoms with E-state index in [1.54, 1.807) is 6.92 Å². The summed E-state index contributed by atoms with van der Waals surface area (Å²) in [4.78, 5) is 44.8. The van der Waals surface area contributed by atoms with Crippen LogP contribution in [0.5, 0.6) is 5.75 Å². The fourth-order valence-electron chi connectivity index (χ4n) is 1.60. The highest BCUT2D eigenvalue weighted by Gasteiger charge is 2.24. The van der Waals surface area contributed by atoms with Gasteiger partial charge in [0.25, 0.3) is 5.91 Å². The van der Waals surface area contributed by atoms with Crippen LogP contribution < -0.4 is 10.1 Å². The van der Waals surface area contributed by atoms with Gasteiger partial charge in [0.1, 0.15) is 0 Å². The lowest BCUT2D eigenvalue weighted by atomic mass is 10.2. The van der Waals surface area contributed by atoms with Crippen LogP contribution in [-0.2, 0) is 14.3 Å². The summed E-state index contributed by atoms with van der Waals surface area (Å²) in [7, 11) is 1.07. The summed E-state index contributed by atoms with van der Waals surface area (Å²) < 4.78 is 14.2. The molecule has 0 heterocycles. The molecule has 1 atom stereocenters. The van der Waals surface area contributed by atoms with Gasteiger partial charge in [-0.25, -0.2) is 9.59 Å². The molecule has 0 fully saturated rings. The third-order valence-electron chi connectivity index (χ3n) is 2.75. The number of hydrogen-bond donors (Lipinski definition) is 1. The summed E-state index contributed by atoms with van der Waals surface area (Å²) in [5.41, 5.74) is -0.541. The van der Waals surface area contributed by atoms with E-state index in [0.717, 1.165) is 13.2 Å². The molecule has 0 saturated carbocycles. The van der Waals surface area contributed by atoms with E-state index >= 15 is 0 Å². The van der Waals surface area contributed by atoms with Crippen molar-refractivity contribution in [2.75, 3.05) is 13.7 Å². The fraction of sp³-hybridized carbons (Fsp3) is 0.357. The highest BCUT2D eigenvalue weighted by molar-refractivity contribution is 5.97. The molecule has 130 valence electrons. The van der Waals surface area contributed by atoms with Crippen LogP contribution in [-0.4, -0.2) is 42.7 Å². The number of hydrogen-bond acceptors (Lipinski definition) is 8. The molecule has 1 N–H and O–H groups in total. The summed E-state index contributed by atoms with van der Waals surface area (Å²) in [5.74, 6) is -1.85. The van der Waals surface area contributed by atoms with E-state index in [9.17, 15) is 24.5 Å². The van der Waals surface area contributed by atoms with E-state index in [4.69, 9.17) is 9.47 Å². The van der Waals surface area contributed by atoms with E-state index in [1.165, 1.54) is 19.1 Å². The molecule has 0 aliphatic carbocycles. The molecule has 0 unspecified atom stereocenters. The van der Waals surface area contributed by atoms with Gasteiger partial charge in [-0.3, -0.25) is 20.2 Å². The first-order chi connectivity index (χ1) is 11.3. The molecule has 1 aromatic rings. The number of nitrogens with zero attached hydrogens (tertiary/aromatic N) is 1. The molecule has 0 aliphatic rings. The van der Waals surface area contributed by atoms with Gasteiger partial charge in [-0.15, -0.1) is 0 Å². The number of nitro groups is 1. The Balaban J connectivity index is 2.88. The van der Waals surface area contributed by atoms with E-state index < -0.39 is 34.7 Å². The van der Waals surface area contributed by atoms with Crippen molar-refractivity contribution in [3.05, 3.63) is 33.9 Å². The highest BCUT2D eigenvalue weighted by atomic mass is 16.6. The molecule has 24 heavy (non-hydrogen) atoms. The number of rotatable bonds is 6. The first-order valence-electron chi connectivity index (χ1n) is 6.81. The van der Waals surface area contributed by atoms with Gasteiger partial charge in [-0.2, -0.15) is 0 Å². The molecule has 10 heteroatoms. The average Bonchev–Trinajstić information content (AvgIpc) is 2.54. The molecule has 0 bridgehead atoms. The number of carbonyl (C=O) groups excluding carboxylic acids is 3. The summed E-state index contributed by atoms with van der Waals surface area (Å²) >= 11 is 0. The Kier molecular flexibility index (Phi) is 6.65. The summed E-state index contributed by atoms with van der Waals surface area (Å²) in [6.07, 6.45) is -2.30. The molecule has 1 aromatic carbocycles. The van der Waals surface area contributed by atoms with Crippen molar-refractivity contribution >= 4 is 23.7 Å². The minimum atomic E-state index is -1.30. The van der Waals surface area contributed by atoms with Gasteiger partial charge in [0, 0.05) is 6.07 Å². The van der Waals surface area contributed by atoms with Crippen molar-refractivity contribution in [3.63, 3.8) is 0 Å². The molecule has 0 saturated heterocycles. The normalized spacial score (nSPS) is 11.1. The molecule has 10 nitrogen and oxygen atoms in total. The van der Waals surface area contributed by atoms with E-state index in [1.807, 2.05) is 5.32 Å².